The molecule has 0 aromatic heterocycles. The molecular formula is C26H26F3NO3S. The van der Waals surface area contributed by atoms with Crippen molar-refractivity contribution in [1.29, 1.82) is 0 Å². The van der Waals surface area contributed by atoms with E-state index in [4.69, 9.17) is 13.0 Å². The van der Waals surface area contributed by atoms with E-state index in [1.807, 2.05) is 0 Å². The van der Waals surface area contributed by atoms with E-state index in [0.29, 0.717) is 0 Å². The van der Waals surface area contributed by atoms with E-state index in [0.717, 1.165) is 13.0 Å². The number of nitrogens with two attached hydrogens (primary N) is 1. The Hall–Kier alpha value is -2.94. The van der Waals surface area contributed by atoms with Gasteiger partial charge in [0.2, 0.25) is 0 Å². The van der Waals surface area contributed by atoms with Gasteiger partial charge in [-0.05, 0) is 41.7 Å². The second kappa shape index (κ2) is 10.1. The van der Waals surface area contributed by atoms with Crippen molar-refractivity contribution in [3.8, 4) is 0 Å². The molecule has 0 unspecified atom stereocenters. The van der Waals surface area contributed by atoms with Crippen LogP contribution >= 0.6 is 0 Å². The van der Waals surface area contributed by atoms with Gasteiger partial charge in [0, 0.05) is 12.0 Å². The second-order valence-electron chi connectivity index (χ2n) is 8.72. The van der Waals surface area contributed by atoms with Gasteiger partial charge in [0.15, 0.2) is 10.1 Å². The molecule has 0 bridgehead atoms. The molecule has 0 spiro atoms. The van der Waals surface area contributed by atoms with E-state index in [-0.39, 0.29) is 5.54 Å². The molecule has 180 valence electrons. The van der Waals surface area contributed by atoms with Crippen molar-refractivity contribution < 1.29 is 31.5 Å². The maximum atomic E-state index is 10.7. The van der Waals surface area contributed by atoms with Crippen LogP contribution in [0.25, 0.3) is 11.1 Å². The molecule has 8 heteroatoms. The number of fused-ring (bicyclic) bond motifs is 1. The molecule has 0 saturated carbocycles. The van der Waals surface area contributed by atoms with Crippen LogP contribution in [0.4, 0.5) is 13.2 Å². The lowest BCUT2D eigenvalue weighted by Gasteiger charge is -2.20. The maximum Gasteiger partial charge on any atom is 0.485 e. The molecule has 4 nitrogen and oxygen atoms in total. The van der Waals surface area contributed by atoms with Crippen LogP contribution < -0.4 is 5.32 Å². The third-order valence-electron chi connectivity index (χ3n) is 5.56. The lowest BCUT2D eigenvalue weighted by Crippen LogP contribution is -2.95. The average Bonchev–Trinajstić information content (AvgIpc) is 2.90. The first-order valence-electron chi connectivity index (χ1n) is 10.7. The molecular weight excluding hydrogens is 463 g/mol. The first kappa shape index (κ1) is 25.7. The van der Waals surface area contributed by atoms with Gasteiger partial charge in [0.05, 0.1) is 5.54 Å². The molecule has 0 aliphatic carbocycles. The standard InChI is InChI=1S/C25H25N.CHF3O3S/c1-25(2)17-21-15-9-10-16-22(21)23(18-26-25)24(19-11-5-3-6-12-19)20-13-7-4-8-14-20;2-1(3,4)8(5,6)7/h3-16,26H,17-18H2,1-2H3;(H,5,6,7). The normalized spacial score (nSPS) is 15.4. The van der Waals surface area contributed by atoms with Gasteiger partial charge in [0.1, 0.15) is 6.54 Å². The van der Waals surface area contributed by atoms with E-state index in [1.54, 1.807) is 0 Å². The van der Waals surface area contributed by atoms with Gasteiger partial charge in [-0.1, -0.05) is 84.9 Å². The number of benzene rings is 3. The lowest BCUT2D eigenvalue weighted by molar-refractivity contribution is -0.710. The van der Waals surface area contributed by atoms with Gasteiger partial charge >= 0.3 is 5.51 Å². The molecule has 0 amide bonds. The summed E-state index contributed by atoms with van der Waals surface area (Å²) in [5, 5.41) is 2.49. The molecule has 1 aliphatic rings. The van der Waals surface area contributed by atoms with Crippen molar-refractivity contribution in [2.24, 2.45) is 0 Å². The first-order chi connectivity index (χ1) is 15.9. The zero-order chi connectivity index (χ0) is 25.0. The van der Waals surface area contributed by atoms with Gasteiger partial charge in [-0.3, -0.25) is 0 Å². The number of hydrogen-bond acceptors (Lipinski definition) is 3. The van der Waals surface area contributed by atoms with E-state index in [2.05, 4.69) is 104 Å². The van der Waals surface area contributed by atoms with Crippen LogP contribution in [0, 0.1) is 0 Å². The number of rotatable bonds is 2. The summed E-state index contributed by atoms with van der Waals surface area (Å²) in [5.74, 6) is 0. The lowest BCUT2D eigenvalue weighted by atomic mass is 9.87. The average molecular weight is 490 g/mol. The summed E-state index contributed by atoms with van der Waals surface area (Å²) >= 11 is 0. The van der Waals surface area contributed by atoms with Gasteiger partial charge in [-0.25, -0.2) is 8.42 Å². The minimum atomic E-state index is -6.09. The van der Waals surface area contributed by atoms with Gasteiger partial charge < -0.3 is 9.87 Å². The van der Waals surface area contributed by atoms with Crippen molar-refractivity contribution in [2.75, 3.05) is 6.54 Å². The van der Waals surface area contributed by atoms with Gasteiger partial charge in [0.25, 0.3) is 0 Å². The highest BCUT2D eigenvalue weighted by Crippen LogP contribution is 2.34. The minimum absolute atomic E-state index is 0.205. The Labute approximate surface area is 197 Å². The maximum absolute atomic E-state index is 10.7. The molecule has 1 aliphatic heterocycles. The van der Waals surface area contributed by atoms with Crippen LogP contribution in [0.15, 0.2) is 84.9 Å². The first-order valence-corrected chi connectivity index (χ1v) is 12.1. The Morgan fingerprint density at radius 2 is 1.29 bits per heavy atom. The van der Waals surface area contributed by atoms with Crippen LogP contribution in [0.1, 0.15) is 36.1 Å². The van der Waals surface area contributed by atoms with Crippen LogP contribution in [-0.4, -0.2) is 30.6 Å². The third kappa shape index (κ3) is 6.34. The van der Waals surface area contributed by atoms with Crippen molar-refractivity contribution in [1.82, 2.24) is 0 Å². The quantitative estimate of drug-likeness (QED) is 0.423. The Morgan fingerprint density at radius 1 is 0.853 bits per heavy atom. The van der Waals surface area contributed by atoms with Crippen molar-refractivity contribution in [3.63, 3.8) is 0 Å². The SMILES string of the molecule is CC1(C)Cc2ccccc2C(=C(c2ccccc2)c2ccccc2)C[NH2+]1.O=S(=O)([O-])C(F)(F)F. The summed E-state index contributed by atoms with van der Waals surface area (Å²) in [7, 11) is -6.09. The molecule has 0 radical (unpaired) electrons. The van der Waals surface area contributed by atoms with Gasteiger partial charge in [-0.15, -0.1) is 0 Å². The van der Waals surface area contributed by atoms with Crippen LogP contribution in [0.2, 0.25) is 0 Å². The molecule has 0 saturated heterocycles. The van der Waals surface area contributed by atoms with Crippen LogP contribution in [0.3, 0.4) is 0 Å². The van der Waals surface area contributed by atoms with Gasteiger partial charge in [-0.2, -0.15) is 13.2 Å². The molecule has 3 aromatic carbocycles. The van der Waals surface area contributed by atoms with E-state index in [9.17, 15) is 13.2 Å². The molecule has 3 aromatic rings. The topological polar surface area (TPSA) is 73.8 Å². The minimum Gasteiger partial charge on any atom is -0.741 e. The molecule has 34 heavy (non-hydrogen) atoms. The monoisotopic (exact) mass is 489 g/mol. The zero-order valence-corrected chi connectivity index (χ0v) is 19.7. The summed E-state index contributed by atoms with van der Waals surface area (Å²) in [6, 6.07) is 30.6. The summed E-state index contributed by atoms with van der Waals surface area (Å²) < 4.78 is 58.9. The van der Waals surface area contributed by atoms with E-state index in [1.165, 1.54) is 33.4 Å². The zero-order valence-electron chi connectivity index (χ0n) is 18.8. The number of quaternary nitrogens is 1. The van der Waals surface area contributed by atoms with Crippen LogP contribution in [-0.2, 0) is 16.5 Å². The fraction of sp³-hybridized carbons (Fsp3) is 0.231. The Morgan fingerprint density at radius 3 is 1.76 bits per heavy atom. The molecule has 0 fully saturated rings. The summed E-state index contributed by atoms with van der Waals surface area (Å²) in [4.78, 5) is 0. The Balaban J connectivity index is 0.000000350. The molecule has 0 atom stereocenters. The summed E-state index contributed by atoms with van der Waals surface area (Å²) in [6.07, 6.45) is 1.09. The van der Waals surface area contributed by atoms with Crippen molar-refractivity contribution in [3.05, 3.63) is 107 Å². The van der Waals surface area contributed by atoms with Crippen LogP contribution in [0.5, 0.6) is 0 Å². The Bertz CT molecular complexity index is 1210. The van der Waals surface area contributed by atoms with Crippen molar-refractivity contribution >= 4 is 21.3 Å². The highest BCUT2D eigenvalue weighted by atomic mass is 32.2. The fourth-order valence-electron chi connectivity index (χ4n) is 3.98. The number of alkyl halides is 3. The Kier molecular flexibility index (Phi) is 7.65. The number of halogens is 3. The highest BCUT2D eigenvalue weighted by molar-refractivity contribution is 7.86. The fourth-order valence-corrected chi connectivity index (χ4v) is 3.98. The third-order valence-corrected chi connectivity index (χ3v) is 6.12. The molecule has 1 heterocycles. The van der Waals surface area contributed by atoms with E-state index >= 15 is 0 Å². The highest BCUT2D eigenvalue weighted by Gasteiger charge is 2.37. The number of hydrogen-bond donors (Lipinski definition) is 1. The summed E-state index contributed by atoms with van der Waals surface area (Å²) in [5.41, 5.74) is 2.77. The largest absolute Gasteiger partial charge is 0.741 e. The molecule has 4 rings (SSSR count). The summed E-state index contributed by atoms with van der Waals surface area (Å²) in [6.45, 7) is 5.68. The smallest absolute Gasteiger partial charge is 0.485 e. The van der Waals surface area contributed by atoms with E-state index < -0.39 is 15.6 Å². The second-order valence-corrected chi connectivity index (χ2v) is 10.1. The predicted molar refractivity (Wildman–Crippen MR) is 126 cm³/mol. The predicted octanol–water partition coefficient (Wildman–Crippen LogP) is 4.60. The molecule has 2 N–H and O–H groups in total. The van der Waals surface area contributed by atoms with Crippen molar-refractivity contribution in [2.45, 2.75) is 31.3 Å².